The standard InChI is InChI=1S/C23H23BrF5O3PS/c1-12(2)31-33(30,32-13(3)4)18(11-14-8-9-16(25)15(10-14)23(27,28)29)22-21(24)20-17(26)6-5-7-19(20)34-22/h5-10,12-13,18H,11H2,1-4H3. The van der Waals surface area contributed by atoms with E-state index in [1.807, 2.05) is 0 Å². The summed E-state index contributed by atoms with van der Waals surface area (Å²) in [6.07, 6.45) is -6.18. The summed E-state index contributed by atoms with van der Waals surface area (Å²) in [5.74, 6) is -1.91. The van der Waals surface area contributed by atoms with Crippen LogP contribution in [0.4, 0.5) is 22.0 Å². The molecule has 0 aliphatic heterocycles. The molecule has 0 saturated heterocycles. The molecule has 0 N–H and O–H groups in total. The molecule has 1 aromatic heterocycles. The van der Waals surface area contributed by atoms with Gasteiger partial charge < -0.3 is 9.05 Å². The maximum atomic E-state index is 14.6. The molecule has 0 fully saturated rings. The number of hydrogen-bond acceptors (Lipinski definition) is 4. The predicted octanol–water partition coefficient (Wildman–Crippen LogP) is 9.29. The van der Waals surface area contributed by atoms with Crippen LogP contribution in [0.2, 0.25) is 0 Å². The lowest BCUT2D eigenvalue weighted by molar-refractivity contribution is -0.140. The molecule has 11 heteroatoms. The third-order valence-corrected chi connectivity index (χ3v) is 9.96. The normalized spacial score (nSPS) is 13.9. The predicted molar refractivity (Wildman–Crippen MR) is 127 cm³/mol. The summed E-state index contributed by atoms with van der Waals surface area (Å²) >= 11 is 4.54. The van der Waals surface area contributed by atoms with Crippen molar-refractivity contribution in [1.82, 2.24) is 0 Å². The summed E-state index contributed by atoms with van der Waals surface area (Å²) in [4.78, 5) is 0.405. The van der Waals surface area contributed by atoms with Gasteiger partial charge in [0.05, 0.1) is 17.8 Å². The van der Waals surface area contributed by atoms with Crippen LogP contribution in [0.5, 0.6) is 0 Å². The Balaban J connectivity index is 2.22. The van der Waals surface area contributed by atoms with Gasteiger partial charge in [-0.2, -0.15) is 13.2 Å². The molecule has 0 saturated carbocycles. The van der Waals surface area contributed by atoms with E-state index in [0.29, 0.717) is 20.1 Å². The van der Waals surface area contributed by atoms with Crippen LogP contribution in [0.25, 0.3) is 10.1 Å². The van der Waals surface area contributed by atoms with E-state index >= 15 is 0 Å². The highest BCUT2D eigenvalue weighted by atomic mass is 79.9. The van der Waals surface area contributed by atoms with Crippen LogP contribution in [0, 0.1) is 11.6 Å². The van der Waals surface area contributed by atoms with Crippen molar-refractivity contribution in [3.05, 3.63) is 68.5 Å². The van der Waals surface area contributed by atoms with E-state index in [2.05, 4.69) is 15.9 Å². The van der Waals surface area contributed by atoms with Crippen molar-refractivity contribution >= 4 is 44.9 Å². The Hall–Kier alpha value is -1.32. The first-order chi connectivity index (χ1) is 15.7. The quantitative estimate of drug-likeness (QED) is 0.195. The molecule has 186 valence electrons. The average Bonchev–Trinajstić information content (AvgIpc) is 3.02. The lowest BCUT2D eigenvalue weighted by Gasteiger charge is -2.30. The fourth-order valence-electron chi connectivity index (χ4n) is 3.55. The molecule has 0 amide bonds. The van der Waals surface area contributed by atoms with Gasteiger partial charge in [-0.3, -0.25) is 4.57 Å². The maximum Gasteiger partial charge on any atom is 0.419 e. The van der Waals surface area contributed by atoms with Gasteiger partial charge in [0.15, 0.2) is 0 Å². The van der Waals surface area contributed by atoms with E-state index in [1.165, 1.54) is 18.2 Å². The van der Waals surface area contributed by atoms with Gasteiger partial charge in [0.2, 0.25) is 0 Å². The summed E-state index contributed by atoms with van der Waals surface area (Å²) in [6.45, 7) is 6.64. The Morgan fingerprint density at radius 3 is 2.15 bits per heavy atom. The molecule has 0 bridgehead atoms. The highest BCUT2D eigenvalue weighted by Gasteiger charge is 2.42. The number of halogens is 6. The van der Waals surface area contributed by atoms with Gasteiger partial charge in [-0.05, 0) is 79.9 Å². The third kappa shape index (κ3) is 5.90. The summed E-state index contributed by atoms with van der Waals surface area (Å²) in [7, 11) is -4.01. The lowest BCUT2D eigenvalue weighted by atomic mass is 10.0. The Kier molecular flexibility index (Phi) is 8.30. The van der Waals surface area contributed by atoms with Crippen LogP contribution in [0.1, 0.15) is 49.4 Å². The van der Waals surface area contributed by atoms with Gasteiger partial charge in [0, 0.05) is 19.4 Å². The van der Waals surface area contributed by atoms with Crippen LogP contribution in [0.15, 0.2) is 40.9 Å². The van der Waals surface area contributed by atoms with Gasteiger partial charge in [-0.15, -0.1) is 11.3 Å². The van der Waals surface area contributed by atoms with E-state index in [4.69, 9.17) is 9.05 Å². The second kappa shape index (κ2) is 10.3. The number of benzene rings is 2. The van der Waals surface area contributed by atoms with Crippen molar-refractivity contribution < 1.29 is 35.6 Å². The third-order valence-electron chi connectivity index (χ3n) is 4.80. The zero-order chi connectivity index (χ0) is 25.4. The van der Waals surface area contributed by atoms with E-state index in [1.54, 1.807) is 33.8 Å². The van der Waals surface area contributed by atoms with Crippen LogP contribution >= 0.6 is 34.9 Å². The van der Waals surface area contributed by atoms with Crippen LogP contribution < -0.4 is 0 Å². The van der Waals surface area contributed by atoms with Gasteiger partial charge in [0.25, 0.3) is 0 Å². The summed E-state index contributed by atoms with van der Waals surface area (Å²) in [5, 5.41) is 0.267. The molecule has 0 radical (unpaired) electrons. The number of fused-ring (bicyclic) bond motifs is 1. The minimum absolute atomic E-state index is 0.0866. The Morgan fingerprint density at radius 2 is 1.62 bits per heavy atom. The number of thiophene rings is 1. The first-order valence-electron chi connectivity index (χ1n) is 10.4. The van der Waals surface area contributed by atoms with E-state index in [0.717, 1.165) is 17.4 Å². The number of hydrogen-bond donors (Lipinski definition) is 0. The fourth-order valence-corrected chi connectivity index (χ4v) is 8.79. The molecule has 1 unspecified atom stereocenters. The molecule has 0 aliphatic rings. The van der Waals surface area contributed by atoms with E-state index in [-0.39, 0.29) is 17.4 Å². The smallest absolute Gasteiger partial charge is 0.305 e. The second-order valence-corrected chi connectivity index (χ2v) is 12.3. The number of rotatable bonds is 8. The summed E-state index contributed by atoms with van der Waals surface area (Å²) in [6, 6.07) is 7.12. The zero-order valence-corrected chi connectivity index (χ0v) is 22.0. The molecule has 3 nitrogen and oxygen atoms in total. The molecule has 0 spiro atoms. The largest absolute Gasteiger partial charge is 0.419 e. The molecule has 1 heterocycles. The lowest BCUT2D eigenvalue weighted by Crippen LogP contribution is -2.16. The summed E-state index contributed by atoms with van der Waals surface area (Å²) in [5.41, 5.74) is -2.41. The molecule has 34 heavy (non-hydrogen) atoms. The minimum atomic E-state index is -4.90. The number of alkyl halides is 3. The molecule has 1 atom stereocenters. The molecular weight excluding hydrogens is 562 g/mol. The van der Waals surface area contributed by atoms with Gasteiger partial charge in [-0.25, -0.2) is 8.78 Å². The van der Waals surface area contributed by atoms with Crippen molar-refractivity contribution in [2.45, 2.75) is 58.2 Å². The first-order valence-corrected chi connectivity index (χ1v) is 13.6. The second-order valence-electron chi connectivity index (χ2n) is 8.27. The molecule has 0 aliphatic carbocycles. The highest BCUT2D eigenvalue weighted by molar-refractivity contribution is 9.10. The minimum Gasteiger partial charge on any atom is -0.305 e. The van der Waals surface area contributed by atoms with E-state index in [9.17, 15) is 26.5 Å². The van der Waals surface area contributed by atoms with Crippen LogP contribution in [-0.2, 0) is 26.2 Å². The molecule has 3 aromatic rings. The van der Waals surface area contributed by atoms with Crippen LogP contribution in [-0.4, -0.2) is 12.2 Å². The average molecular weight is 585 g/mol. The van der Waals surface area contributed by atoms with E-state index < -0.39 is 48.8 Å². The molecular formula is C23H23BrF5O3PS. The van der Waals surface area contributed by atoms with Crippen molar-refractivity contribution in [3.63, 3.8) is 0 Å². The monoisotopic (exact) mass is 584 g/mol. The van der Waals surface area contributed by atoms with Crippen molar-refractivity contribution in [2.24, 2.45) is 0 Å². The maximum absolute atomic E-state index is 14.6. The van der Waals surface area contributed by atoms with Crippen molar-refractivity contribution in [1.29, 1.82) is 0 Å². The van der Waals surface area contributed by atoms with Gasteiger partial charge >= 0.3 is 13.8 Å². The van der Waals surface area contributed by atoms with Gasteiger partial charge in [-0.1, -0.05) is 12.1 Å². The van der Waals surface area contributed by atoms with Crippen molar-refractivity contribution in [2.75, 3.05) is 0 Å². The van der Waals surface area contributed by atoms with Gasteiger partial charge in [0.1, 0.15) is 17.3 Å². The Bertz CT molecular complexity index is 1210. The topological polar surface area (TPSA) is 35.5 Å². The zero-order valence-electron chi connectivity index (χ0n) is 18.8. The Morgan fingerprint density at radius 1 is 1.00 bits per heavy atom. The Labute approximate surface area is 206 Å². The van der Waals surface area contributed by atoms with Crippen molar-refractivity contribution in [3.8, 4) is 0 Å². The SMILES string of the molecule is CC(C)OP(=O)(OC(C)C)C(Cc1ccc(F)c(C(F)(F)F)c1)c1sc2cccc(F)c2c1Br. The fraction of sp³-hybridized carbons (Fsp3) is 0.391. The molecule has 3 rings (SSSR count). The van der Waals surface area contributed by atoms with Crippen LogP contribution in [0.3, 0.4) is 0 Å². The summed E-state index contributed by atoms with van der Waals surface area (Å²) < 4.78 is 95.0. The highest BCUT2D eigenvalue weighted by Crippen LogP contribution is 2.66. The first kappa shape index (κ1) is 27.3. The molecule has 2 aromatic carbocycles.